The van der Waals surface area contributed by atoms with Crippen LogP contribution in [0.1, 0.15) is 13.8 Å². The Kier molecular flexibility index (Phi) is 3.53. The molecule has 0 aromatic rings. The molecular weight excluding hydrogens is 150 g/mol. The molecule has 1 amide bonds. The molecule has 0 rings (SSSR count). The zero-order valence-corrected chi connectivity index (χ0v) is 6.37. The first kappa shape index (κ1) is 9.90. The van der Waals surface area contributed by atoms with Crippen molar-refractivity contribution in [3.05, 3.63) is 0 Å². The third-order valence-corrected chi connectivity index (χ3v) is 1.11. The second kappa shape index (κ2) is 3.92. The summed E-state index contributed by atoms with van der Waals surface area (Å²) in [5.41, 5.74) is 0. The van der Waals surface area contributed by atoms with Gasteiger partial charge in [0, 0.05) is 6.92 Å². The number of carbonyl (C=O) groups is 2. The van der Waals surface area contributed by atoms with E-state index in [1.165, 1.54) is 13.8 Å². The fourth-order valence-electron chi connectivity index (χ4n) is 0.608. The summed E-state index contributed by atoms with van der Waals surface area (Å²) < 4.78 is 0. The van der Waals surface area contributed by atoms with Gasteiger partial charge in [-0.25, -0.2) is 4.79 Å². The van der Waals surface area contributed by atoms with Crippen molar-refractivity contribution >= 4 is 11.9 Å². The van der Waals surface area contributed by atoms with Crippen LogP contribution < -0.4 is 5.32 Å². The second-order valence-electron chi connectivity index (χ2n) is 2.26. The minimum absolute atomic E-state index is 0.474. The minimum atomic E-state index is -1.24. The molecule has 0 spiro atoms. The number of rotatable bonds is 3. The molecule has 0 aromatic heterocycles. The van der Waals surface area contributed by atoms with Gasteiger partial charge in [-0.2, -0.15) is 0 Å². The van der Waals surface area contributed by atoms with Gasteiger partial charge in [-0.15, -0.1) is 0 Å². The number of aliphatic hydroxyl groups is 1. The van der Waals surface area contributed by atoms with Crippen molar-refractivity contribution in [2.45, 2.75) is 26.0 Å². The fourth-order valence-corrected chi connectivity index (χ4v) is 0.608. The van der Waals surface area contributed by atoms with Gasteiger partial charge in [-0.3, -0.25) is 4.79 Å². The average molecular weight is 161 g/mol. The third-order valence-electron chi connectivity index (χ3n) is 1.11. The maximum atomic E-state index is 10.4. The summed E-state index contributed by atoms with van der Waals surface area (Å²) in [6.45, 7) is 2.49. The highest BCUT2D eigenvalue weighted by Gasteiger charge is 2.23. The van der Waals surface area contributed by atoms with Gasteiger partial charge < -0.3 is 15.5 Å². The molecule has 0 heterocycles. The molecule has 0 radical (unpaired) electrons. The van der Waals surface area contributed by atoms with Crippen LogP contribution in [-0.4, -0.2) is 34.2 Å². The number of nitrogens with one attached hydrogen (secondary N) is 1. The normalized spacial score (nSPS) is 15.2. The standard InChI is InChI=1S/C6H11NO4/c1-3(8)5(6(10)11)7-4(2)9/h3,5,8H,1-2H3,(H,7,9)(H,10,11)/t3-,5-/m0/s1. The Bertz CT molecular complexity index is 166. The predicted octanol–water partition coefficient (Wildman–Crippen LogP) is -1.04. The molecule has 5 nitrogen and oxygen atoms in total. The van der Waals surface area contributed by atoms with E-state index in [-0.39, 0.29) is 0 Å². The van der Waals surface area contributed by atoms with Crippen molar-refractivity contribution < 1.29 is 19.8 Å². The van der Waals surface area contributed by atoms with Crippen molar-refractivity contribution in [3.8, 4) is 0 Å². The predicted molar refractivity (Wildman–Crippen MR) is 36.9 cm³/mol. The van der Waals surface area contributed by atoms with Crippen LogP contribution in [0.4, 0.5) is 0 Å². The highest BCUT2D eigenvalue weighted by atomic mass is 16.4. The smallest absolute Gasteiger partial charge is 0.328 e. The fraction of sp³-hybridized carbons (Fsp3) is 0.667. The lowest BCUT2D eigenvalue weighted by Gasteiger charge is -2.15. The van der Waals surface area contributed by atoms with Gasteiger partial charge in [0.05, 0.1) is 6.10 Å². The molecule has 0 aliphatic heterocycles. The summed E-state index contributed by atoms with van der Waals surface area (Å²) in [5, 5.41) is 19.3. The van der Waals surface area contributed by atoms with E-state index in [2.05, 4.69) is 5.32 Å². The largest absolute Gasteiger partial charge is 0.480 e. The number of carboxylic acid groups (broad SMARTS) is 1. The van der Waals surface area contributed by atoms with Crippen LogP contribution in [0, 0.1) is 0 Å². The van der Waals surface area contributed by atoms with E-state index in [4.69, 9.17) is 10.2 Å². The molecule has 0 aliphatic carbocycles. The molecule has 0 fully saturated rings. The highest BCUT2D eigenvalue weighted by molar-refractivity contribution is 5.82. The number of aliphatic hydroxyl groups excluding tert-OH is 1. The van der Waals surface area contributed by atoms with Crippen molar-refractivity contribution in [2.24, 2.45) is 0 Å². The summed E-state index contributed by atoms with van der Waals surface area (Å²) in [6.07, 6.45) is -1.09. The van der Waals surface area contributed by atoms with Crippen LogP contribution in [0.25, 0.3) is 0 Å². The van der Waals surface area contributed by atoms with Gasteiger partial charge in [0.15, 0.2) is 6.04 Å². The van der Waals surface area contributed by atoms with E-state index >= 15 is 0 Å². The zero-order valence-electron chi connectivity index (χ0n) is 6.37. The second-order valence-corrected chi connectivity index (χ2v) is 2.26. The van der Waals surface area contributed by atoms with Crippen LogP contribution >= 0.6 is 0 Å². The van der Waals surface area contributed by atoms with Gasteiger partial charge in [0.1, 0.15) is 0 Å². The lowest BCUT2D eigenvalue weighted by atomic mass is 10.2. The van der Waals surface area contributed by atoms with E-state index < -0.39 is 24.0 Å². The molecular formula is C6H11NO4. The maximum absolute atomic E-state index is 10.4. The van der Waals surface area contributed by atoms with Crippen LogP contribution in [0.2, 0.25) is 0 Å². The molecule has 0 saturated heterocycles. The van der Waals surface area contributed by atoms with E-state index in [0.29, 0.717) is 0 Å². The molecule has 0 aliphatic rings. The Labute approximate surface area is 64.0 Å². The first-order valence-corrected chi connectivity index (χ1v) is 3.13. The van der Waals surface area contributed by atoms with Gasteiger partial charge >= 0.3 is 5.97 Å². The SMILES string of the molecule is CC(=O)N[C@H](C(=O)O)[C@H](C)O. The summed E-state index contributed by atoms with van der Waals surface area (Å²) in [5.74, 6) is -1.71. The van der Waals surface area contributed by atoms with Gasteiger partial charge in [-0.05, 0) is 6.92 Å². The lowest BCUT2D eigenvalue weighted by molar-refractivity contribution is -0.144. The number of amides is 1. The number of carboxylic acids is 1. The molecule has 2 atom stereocenters. The van der Waals surface area contributed by atoms with Crippen LogP contribution in [0.3, 0.4) is 0 Å². The maximum Gasteiger partial charge on any atom is 0.328 e. The number of aliphatic carboxylic acids is 1. The Morgan fingerprint density at radius 3 is 2.00 bits per heavy atom. The highest BCUT2D eigenvalue weighted by Crippen LogP contribution is 1.91. The number of carbonyl (C=O) groups excluding carboxylic acids is 1. The molecule has 5 heteroatoms. The van der Waals surface area contributed by atoms with Gasteiger partial charge in [0.2, 0.25) is 5.91 Å². The Hall–Kier alpha value is -1.10. The number of hydrogen-bond donors (Lipinski definition) is 3. The van der Waals surface area contributed by atoms with Crippen molar-refractivity contribution in [3.63, 3.8) is 0 Å². The van der Waals surface area contributed by atoms with Gasteiger partial charge in [-0.1, -0.05) is 0 Å². The van der Waals surface area contributed by atoms with Crippen molar-refractivity contribution in [2.75, 3.05) is 0 Å². The van der Waals surface area contributed by atoms with Crippen molar-refractivity contribution in [1.82, 2.24) is 5.32 Å². The first-order valence-electron chi connectivity index (χ1n) is 3.13. The van der Waals surface area contributed by atoms with E-state index in [1.807, 2.05) is 0 Å². The molecule has 0 bridgehead atoms. The van der Waals surface area contributed by atoms with Crippen molar-refractivity contribution in [1.29, 1.82) is 0 Å². The molecule has 0 saturated carbocycles. The van der Waals surface area contributed by atoms with E-state index in [1.54, 1.807) is 0 Å². The van der Waals surface area contributed by atoms with Crippen LogP contribution in [0.5, 0.6) is 0 Å². The average Bonchev–Trinajstić information content (AvgIpc) is 1.81. The molecule has 3 N–H and O–H groups in total. The minimum Gasteiger partial charge on any atom is -0.480 e. The molecule has 11 heavy (non-hydrogen) atoms. The molecule has 64 valence electrons. The Morgan fingerprint density at radius 2 is 1.91 bits per heavy atom. The zero-order chi connectivity index (χ0) is 9.02. The Morgan fingerprint density at radius 1 is 1.45 bits per heavy atom. The monoisotopic (exact) mass is 161 g/mol. The lowest BCUT2D eigenvalue weighted by Crippen LogP contribution is -2.46. The van der Waals surface area contributed by atoms with Crippen LogP contribution in [0.15, 0.2) is 0 Å². The number of hydrogen-bond acceptors (Lipinski definition) is 3. The molecule has 0 unspecified atom stereocenters. The summed E-state index contributed by atoms with van der Waals surface area (Å²) in [4.78, 5) is 20.7. The first-order chi connectivity index (χ1) is 4.95. The quantitative estimate of drug-likeness (QED) is 0.493. The van der Waals surface area contributed by atoms with Gasteiger partial charge in [0.25, 0.3) is 0 Å². The van der Waals surface area contributed by atoms with Crippen LogP contribution in [-0.2, 0) is 9.59 Å². The van der Waals surface area contributed by atoms with E-state index in [9.17, 15) is 9.59 Å². The Balaban J connectivity index is 4.12. The summed E-state index contributed by atoms with van der Waals surface area (Å²) >= 11 is 0. The van der Waals surface area contributed by atoms with E-state index in [0.717, 1.165) is 0 Å². The summed E-state index contributed by atoms with van der Waals surface area (Å²) in [6, 6.07) is -1.22. The third kappa shape index (κ3) is 3.57. The summed E-state index contributed by atoms with van der Waals surface area (Å²) in [7, 11) is 0. The topological polar surface area (TPSA) is 86.6 Å². The molecule has 0 aromatic carbocycles.